The van der Waals surface area contributed by atoms with Crippen LogP contribution in [-0.4, -0.2) is 21.6 Å². The van der Waals surface area contributed by atoms with E-state index >= 15 is 0 Å². The van der Waals surface area contributed by atoms with Gasteiger partial charge in [-0.25, -0.2) is 8.78 Å². The zero-order valence-electron chi connectivity index (χ0n) is 13.7. The van der Waals surface area contributed by atoms with Crippen molar-refractivity contribution in [2.45, 2.75) is 32.4 Å². The van der Waals surface area contributed by atoms with E-state index in [1.54, 1.807) is 17.4 Å². The first kappa shape index (κ1) is 16.4. The Labute approximate surface area is 148 Å². The summed E-state index contributed by atoms with van der Waals surface area (Å²) in [5.74, 6) is -0.554. The Kier molecular flexibility index (Phi) is 4.35. The molecule has 4 nitrogen and oxygen atoms in total. The SMILES string of the molecule is Cc1ccc(-c2nnc(C3CCCN3Cc3cccc(F)c3F)o2)s1. The largest absolute Gasteiger partial charge is 0.418 e. The molecular weight excluding hydrogens is 344 g/mol. The van der Waals surface area contributed by atoms with Gasteiger partial charge in [0.05, 0.1) is 10.9 Å². The fourth-order valence-corrected chi connectivity index (χ4v) is 3.99. The molecule has 0 spiro atoms. The van der Waals surface area contributed by atoms with Gasteiger partial charge in [-0.15, -0.1) is 21.5 Å². The minimum atomic E-state index is -0.818. The Balaban J connectivity index is 1.55. The van der Waals surface area contributed by atoms with Crippen molar-refractivity contribution >= 4 is 11.3 Å². The molecule has 7 heteroatoms. The third kappa shape index (κ3) is 3.21. The van der Waals surface area contributed by atoms with E-state index in [4.69, 9.17) is 4.42 Å². The third-order valence-corrected chi connectivity index (χ3v) is 5.43. The van der Waals surface area contributed by atoms with Crippen LogP contribution in [0.4, 0.5) is 8.78 Å². The second-order valence-electron chi connectivity index (χ2n) is 6.20. The van der Waals surface area contributed by atoms with Crippen LogP contribution in [0.1, 0.15) is 35.2 Å². The van der Waals surface area contributed by atoms with E-state index in [1.807, 2.05) is 19.1 Å². The fraction of sp³-hybridized carbons (Fsp3) is 0.333. The number of nitrogens with zero attached hydrogens (tertiary/aromatic N) is 3. The number of hydrogen-bond acceptors (Lipinski definition) is 5. The van der Waals surface area contributed by atoms with Gasteiger partial charge in [0.1, 0.15) is 0 Å². The van der Waals surface area contributed by atoms with Gasteiger partial charge in [0.25, 0.3) is 5.89 Å². The first-order valence-corrected chi connectivity index (χ1v) is 9.00. The summed E-state index contributed by atoms with van der Waals surface area (Å²) < 4.78 is 33.3. The molecule has 1 aliphatic heterocycles. The van der Waals surface area contributed by atoms with Crippen molar-refractivity contribution in [3.63, 3.8) is 0 Å². The second-order valence-corrected chi connectivity index (χ2v) is 7.49. The predicted molar refractivity (Wildman–Crippen MR) is 91.1 cm³/mol. The molecule has 2 aromatic heterocycles. The molecular formula is C18H17F2N3OS. The zero-order chi connectivity index (χ0) is 17.4. The van der Waals surface area contributed by atoms with Crippen LogP contribution in [0.2, 0.25) is 0 Å². The molecule has 0 aliphatic carbocycles. The lowest BCUT2D eigenvalue weighted by molar-refractivity contribution is 0.212. The highest BCUT2D eigenvalue weighted by atomic mass is 32.1. The maximum absolute atomic E-state index is 14.0. The van der Waals surface area contributed by atoms with E-state index < -0.39 is 11.6 Å². The predicted octanol–water partition coefficient (Wildman–Crippen LogP) is 4.72. The lowest BCUT2D eigenvalue weighted by Gasteiger charge is -2.21. The van der Waals surface area contributed by atoms with E-state index in [2.05, 4.69) is 15.1 Å². The van der Waals surface area contributed by atoms with Gasteiger partial charge in [-0.2, -0.15) is 0 Å². The molecule has 0 saturated carbocycles. The lowest BCUT2D eigenvalue weighted by Crippen LogP contribution is -2.23. The Morgan fingerprint density at radius 3 is 2.92 bits per heavy atom. The summed E-state index contributed by atoms with van der Waals surface area (Å²) in [4.78, 5) is 4.19. The van der Waals surface area contributed by atoms with Crippen LogP contribution in [0.5, 0.6) is 0 Å². The van der Waals surface area contributed by atoms with Gasteiger partial charge in [0.2, 0.25) is 5.89 Å². The molecule has 1 saturated heterocycles. The van der Waals surface area contributed by atoms with Crippen molar-refractivity contribution in [1.29, 1.82) is 0 Å². The van der Waals surface area contributed by atoms with E-state index in [9.17, 15) is 8.78 Å². The summed E-state index contributed by atoms with van der Waals surface area (Å²) >= 11 is 1.60. The van der Waals surface area contributed by atoms with E-state index in [0.29, 0.717) is 23.9 Å². The fourth-order valence-electron chi connectivity index (χ4n) is 3.20. The minimum Gasteiger partial charge on any atom is -0.418 e. The molecule has 1 unspecified atom stereocenters. The standard InChI is InChI=1S/C18H17F2N3OS/c1-11-7-8-15(25-11)18-22-21-17(24-18)14-6-3-9-23(14)10-12-4-2-5-13(19)16(12)20/h2,4-5,7-8,14H,3,6,9-10H2,1H3. The Bertz CT molecular complexity index is 892. The lowest BCUT2D eigenvalue weighted by atomic mass is 10.1. The molecule has 3 aromatic rings. The number of thiophene rings is 1. The number of likely N-dealkylation sites (tertiary alicyclic amines) is 1. The van der Waals surface area contributed by atoms with Crippen molar-refractivity contribution in [3.8, 4) is 10.8 Å². The van der Waals surface area contributed by atoms with Gasteiger partial charge in [-0.3, -0.25) is 4.90 Å². The van der Waals surface area contributed by atoms with Crippen LogP contribution in [0, 0.1) is 18.6 Å². The maximum atomic E-state index is 14.0. The molecule has 1 fully saturated rings. The molecule has 130 valence electrons. The van der Waals surface area contributed by atoms with Crippen LogP contribution in [0.3, 0.4) is 0 Å². The highest BCUT2D eigenvalue weighted by molar-refractivity contribution is 7.15. The van der Waals surface area contributed by atoms with E-state index in [0.717, 1.165) is 30.3 Å². The van der Waals surface area contributed by atoms with Gasteiger partial charge in [0.15, 0.2) is 11.6 Å². The van der Waals surface area contributed by atoms with Crippen molar-refractivity contribution in [2.24, 2.45) is 0 Å². The summed E-state index contributed by atoms with van der Waals surface area (Å²) in [6, 6.07) is 8.19. The summed E-state index contributed by atoms with van der Waals surface area (Å²) in [6.07, 6.45) is 1.82. The molecule has 4 rings (SSSR count). The average Bonchev–Trinajstić information content (AvgIpc) is 3.31. The topological polar surface area (TPSA) is 42.2 Å². The van der Waals surface area contributed by atoms with Crippen LogP contribution in [0.25, 0.3) is 10.8 Å². The molecule has 0 bridgehead atoms. The molecule has 1 aliphatic rings. The number of aromatic nitrogens is 2. The summed E-state index contributed by atoms with van der Waals surface area (Å²) in [6.45, 7) is 3.14. The van der Waals surface area contributed by atoms with Crippen LogP contribution in [-0.2, 0) is 6.54 Å². The molecule has 0 N–H and O–H groups in total. The third-order valence-electron chi connectivity index (χ3n) is 4.45. The number of hydrogen-bond donors (Lipinski definition) is 0. The van der Waals surface area contributed by atoms with Gasteiger partial charge in [0, 0.05) is 17.0 Å². The van der Waals surface area contributed by atoms with Gasteiger partial charge < -0.3 is 4.42 Å². The van der Waals surface area contributed by atoms with Crippen LogP contribution < -0.4 is 0 Å². The summed E-state index contributed by atoms with van der Waals surface area (Å²) in [7, 11) is 0. The monoisotopic (exact) mass is 361 g/mol. The quantitative estimate of drug-likeness (QED) is 0.674. The highest BCUT2D eigenvalue weighted by Crippen LogP contribution is 2.35. The smallest absolute Gasteiger partial charge is 0.257 e. The van der Waals surface area contributed by atoms with E-state index in [-0.39, 0.29) is 6.04 Å². The van der Waals surface area contributed by atoms with E-state index in [1.165, 1.54) is 10.9 Å². The molecule has 0 radical (unpaired) electrons. The number of rotatable bonds is 4. The van der Waals surface area contributed by atoms with Crippen molar-refractivity contribution < 1.29 is 13.2 Å². The molecule has 25 heavy (non-hydrogen) atoms. The van der Waals surface area contributed by atoms with Crippen molar-refractivity contribution in [3.05, 3.63) is 58.3 Å². The van der Waals surface area contributed by atoms with Crippen LogP contribution >= 0.6 is 11.3 Å². The maximum Gasteiger partial charge on any atom is 0.257 e. The van der Waals surface area contributed by atoms with Gasteiger partial charge >= 0.3 is 0 Å². The first-order chi connectivity index (χ1) is 12.1. The van der Waals surface area contributed by atoms with Crippen molar-refractivity contribution in [1.82, 2.24) is 15.1 Å². The Morgan fingerprint density at radius 2 is 2.12 bits per heavy atom. The van der Waals surface area contributed by atoms with Crippen LogP contribution in [0.15, 0.2) is 34.7 Å². The minimum absolute atomic E-state index is 0.0648. The number of halogens is 2. The van der Waals surface area contributed by atoms with Gasteiger partial charge in [-0.1, -0.05) is 12.1 Å². The molecule has 1 atom stereocenters. The normalized spacial score (nSPS) is 18.1. The molecule has 1 aromatic carbocycles. The first-order valence-electron chi connectivity index (χ1n) is 8.19. The summed E-state index contributed by atoms with van der Waals surface area (Å²) in [5.41, 5.74) is 0.348. The molecule has 3 heterocycles. The number of aryl methyl sites for hydroxylation is 1. The molecule has 0 amide bonds. The second kappa shape index (κ2) is 6.65. The van der Waals surface area contributed by atoms with Crippen molar-refractivity contribution in [2.75, 3.05) is 6.54 Å². The Morgan fingerprint density at radius 1 is 1.24 bits per heavy atom. The average molecular weight is 361 g/mol. The highest BCUT2D eigenvalue weighted by Gasteiger charge is 2.31. The zero-order valence-corrected chi connectivity index (χ0v) is 14.5. The summed E-state index contributed by atoms with van der Waals surface area (Å²) in [5, 5.41) is 8.35. The van der Waals surface area contributed by atoms with Gasteiger partial charge in [-0.05, 0) is 44.5 Å². The Hall–Kier alpha value is -2.12. The number of benzene rings is 1.